The van der Waals surface area contributed by atoms with Crippen molar-refractivity contribution in [2.45, 2.75) is 323 Å². The molecule has 63 heavy (non-hydrogen) atoms. The van der Waals surface area contributed by atoms with Crippen LogP contribution in [0.4, 0.5) is 0 Å². The molecule has 6 nitrogen and oxygen atoms in total. The second kappa shape index (κ2) is 49.8. The molecule has 0 radical (unpaired) electrons. The van der Waals surface area contributed by atoms with Crippen molar-refractivity contribution in [3.8, 4) is 0 Å². The van der Waals surface area contributed by atoms with Gasteiger partial charge in [0.1, 0.15) is 13.2 Å². The minimum absolute atomic E-state index is 0.0633. The first-order valence-corrected chi connectivity index (χ1v) is 28.2. The summed E-state index contributed by atoms with van der Waals surface area (Å²) < 4.78 is 16.9. The third kappa shape index (κ3) is 51.3. The molecule has 0 unspecified atom stereocenters. The van der Waals surface area contributed by atoms with E-state index in [0.717, 1.165) is 69.6 Å². The zero-order valence-electron chi connectivity index (χ0n) is 43.2. The van der Waals surface area contributed by atoms with Crippen molar-refractivity contribution in [2.75, 3.05) is 13.2 Å². The molecule has 6 heteroatoms. The maximum absolute atomic E-state index is 12.8. The van der Waals surface area contributed by atoms with Crippen LogP contribution in [0.5, 0.6) is 0 Å². The summed E-state index contributed by atoms with van der Waals surface area (Å²) in [5.74, 6) is 0.799. The number of unbranched alkanes of at least 4 members (excludes halogenated alkanes) is 36. The number of carbonyl (C=O) groups is 3. The van der Waals surface area contributed by atoms with Gasteiger partial charge in [0.15, 0.2) is 6.10 Å². The molecule has 0 aliphatic heterocycles. The molecule has 0 aromatic rings. The summed E-state index contributed by atoms with van der Waals surface area (Å²) in [5.41, 5.74) is 0. The van der Waals surface area contributed by atoms with Crippen LogP contribution < -0.4 is 0 Å². The molecule has 0 amide bonds. The smallest absolute Gasteiger partial charge is 0.306 e. The van der Waals surface area contributed by atoms with Crippen LogP contribution in [0.3, 0.4) is 0 Å². The molecule has 0 N–H and O–H groups in total. The van der Waals surface area contributed by atoms with Gasteiger partial charge in [0.25, 0.3) is 0 Å². The van der Waals surface area contributed by atoms with Gasteiger partial charge in [0.05, 0.1) is 0 Å². The molecule has 0 aliphatic rings. The number of hydrogen-bond acceptors (Lipinski definition) is 6. The molecule has 0 rings (SSSR count). The number of ether oxygens (including phenoxy) is 3. The van der Waals surface area contributed by atoms with Gasteiger partial charge < -0.3 is 14.2 Å². The van der Waals surface area contributed by atoms with Crippen LogP contribution in [0.25, 0.3) is 0 Å². The average Bonchev–Trinajstić information content (AvgIpc) is 3.25. The van der Waals surface area contributed by atoms with Crippen molar-refractivity contribution in [2.24, 2.45) is 11.8 Å². The third-order valence-electron chi connectivity index (χ3n) is 13.0. The lowest BCUT2D eigenvalue weighted by molar-refractivity contribution is -0.167. The molecule has 0 aromatic carbocycles. The van der Waals surface area contributed by atoms with Gasteiger partial charge >= 0.3 is 17.9 Å². The van der Waals surface area contributed by atoms with E-state index in [2.05, 4.69) is 34.6 Å². The lowest BCUT2D eigenvalue weighted by atomic mass is 10.0. The molecule has 0 saturated carbocycles. The Labute approximate surface area is 393 Å². The van der Waals surface area contributed by atoms with E-state index in [-0.39, 0.29) is 31.1 Å². The highest BCUT2D eigenvalue weighted by Gasteiger charge is 2.19. The van der Waals surface area contributed by atoms with Crippen LogP contribution in [0.15, 0.2) is 0 Å². The van der Waals surface area contributed by atoms with E-state index in [1.165, 1.54) is 205 Å². The lowest BCUT2D eigenvalue weighted by Crippen LogP contribution is -2.30. The highest BCUT2D eigenvalue weighted by molar-refractivity contribution is 5.71. The van der Waals surface area contributed by atoms with Gasteiger partial charge in [0, 0.05) is 19.3 Å². The molecule has 0 saturated heterocycles. The zero-order valence-corrected chi connectivity index (χ0v) is 43.2. The summed E-state index contributed by atoms with van der Waals surface area (Å²) in [5, 5.41) is 0. The Kier molecular flexibility index (Phi) is 48.6. The lowest BCUT2D eigenvalue weighted by Gasteiger charge is -2.18. The van der Waals surface area contributed by atoms with Gasteiger partial charge in [0.2, 0.25) is 0 Å². The summed E-state index contributed by atoms with van der Waals surface area (Å²) >= 11 is 0. The molecular weight excluding hydrogens is 781 g/mol. The van der Waals surface area contributed by atoms with Crippen molar-refractivity contribution >= 4 is 17.9 Å². The van der Waals surface area contributed by atoms with E-state index in [1.807, 2.05) is 0 Å². The molecule has 374 valence electrons. The van der Waals surface area contributed by atoms with Gasteiger partial charge in [-0.1, -0.05) is 279 Å². The molecule has 0 fully saturated rings. The molecule has 0 heterocycles. The Morgan fingerprint density at radius 2 is 0.524 bits per heavy atom. The second-order valence-electron chi connectivity index (χ2n) is 20.5. The van der Waals surface area contributed by atoms with Crippen LogP contribution in [0, 0.1) is 11.8 Å². The summed E-state index contributed by atoms with van der Waals surface area (Å²) in [7, 11) is 0. The quantitative estimate of drug-likeness (QED) is 0.0344. The van der Waals surface area contributed by atoms with Gasteiger partial charge in [-0.05, 0) is 31.1 Å². The Balaban J connectivity index is 4.29. The maximum atomic E-state index is 12.8. The zero-order chi connectivity index (χ0) is 46.1. The van der Waals surface area contributed by atoms with E-state index in [1.54, 1.807) is 0 Å². The van der Waals surface area contributed by atoms with Crippen molar-refractivity contribution in [1.29, 1.82) is 0 Å². The third-order valence-corrected chi connectivity index (χ3v) is 13.0. The Morgan fingerprint density at radius 1 is 0.302 bits per heavy atom. The molecule has 0 aliphatic carbocycles. The number of hydrogen-bond donors (Lipinski definition) is 0. The van der Waals surface area contributed by atoms with Gasteiger partial charge in [-0.25, -0.2) is 0 Å². The molecule has 0 bridgehead atoms. The Morgan fingerprint density at radius 3 is 0.778 bits per heavy atom. The van der Waals surface area contributed by atoms with Crippen LogP contribution in [0.2, 0.25) is 0 Å². The first kappa shape index (κ1) is 61.4. The fourth-order valence-electron chi connectivity index (χ4n) is 8.70. The van der Waals surface area contributed by atoms with Gasteiger partial charge in [-0.15, -0.1) is 0 Å². The Bertz CT molecular complexity index is 962. The van der Waals surface area contributed by atoms with Crippen molar-refractivity contribution in [3.63, 3.8) is 0 Å². The van der Waals surface area contributed by atoms with E-state index >= 15 is 0 Å². The molecule has 1 atom stereocenters. The van der Waals surface area contributed by atoms with E-state index in [9.17, 15) is 14.4 Å². The fourth-order valence-corrected chi connectivity index (χ4v) is 8.70. The van der Waals surface area contributed by atoms with Crippen molar-refractivity contribution in [1.82, 2.24) is 0 Å². The largest absolute Gasteiger partial charge is 0.462 e. The van der Waals surface area contributed by atoms with Crippen LogP contribution in [0.1, 0.15) is 317 Å². The first-order chi connectivity index (χ1) is 30.7. The summed E-state index contributed by atoms with van der Waals surface area (Å²) in [6.07, 6.45) is 52.4. The minimum atomic E-state index is -0.762. The van der Waals surface area contributed by atoms with Crippen LogP contribution in [-0.4, -0.2) is 37.2 Å². The number of carbonyl (C=O) groups excluding carboxylic acids is 3. The van der Waals surface area contributed by atoms with E-state index in [4.69, 9.17) is 14.2 Å². The van der Waals surface area contributed by atoms with Gasteiger partial charge in [-0.2, -0.15) is 0 Å². The average molecular weight is 892 g/mol. The van der Waals surface area contributed by atoms with E-state index < -0.39 is 6.10 Å². The molecule has 0 aromatic heterocycles. The summed E-state index contributed by atoms with van der Waals surface area (Å²) in [4.78, 5) is 38.1. The predicted molar refractivity (Wildman–Crippen MR) is 270 cm³/mol. The van der Waals surface area contributed by atoms with E-state index in [0.29, 0.717) is 19.3 Å². The maximum Gasteiger partial charge on any atom is 0.306 e. The topological polar surface area (TPSA) is 78.9 Å². The molecule has 0 spiro atoms. The predicted octanol–water partition coefficient (Wildman–Crippen LogP) is 18.5. The summed E-state index contributed by atoms with van der Waals surface area (Å²) in [6, 6.07) is 0. The van der Waals surface area contributed by atoms with Crippen LogP contribution in [-0.2, 0) is 28.6 Å². The highest BCUT2D eigenvalue weighted by atomic mass is 16.6. The summed E-state index contributed by atoms with van der Waals surface area (Å²) in [6.45, 7) is 11.4. The standard InChI is InChI=1S/C57H110O6/c1-6-7-8-9-10-11-12-13-14-15-16-17-18-23-28-34-39-44-49-57(60)63-54(51-62-56(59)48-43-38-33-29-24-26-31-36-41-46-53(4)5)50-61-55(58)47-42-37-32-27-22-20-19-21-25-30-35-40-45-52(2)3/h52-54H,6-51H2,1-5H3/t54-/m1/s1. The number of esters is 3. The number of rotatable bonds is 51. The highest BCUT2D eigenvalue weighted by Crippen LogP contribution is 2.18. The van der Waals surface area contributed by atoms with Crippen molar-refractivity contribution < 1.29 is 28.6 Å². The fraction of sp³-hybridized carbons (Fsp3) is 0.947. The minimum Gasteiger partial charge on any atom is -0.462 e. The van der Waals surface area contributed by atoms with Crippen molar-refractivity contribution in [3.05, 3.63) is 0 Å². The molecular formula is C57H110O6. The first-order valence-electron chi connectivity index (χ1n) is 28.2. The Hall–Kier alpha value is -1.59. The normalized spacial score (nSPS) is 12.0. The SMILES string of the molecule is CCCCCCCCCCCCCCCCCCCCC(=O)O[C@H](COC(=O)CCCCCCCCCCCCCCC(C)C)COC(=O)CCCCCCCCCCCC(C)C. The van der Waals surface area contributed by atoms with Crippen LogP contribution >= 0.6 is 0 Å². The monoisotopic (exact) mass is 891 g/mol. The second-order valence-corrected chi connectivity index (χ2v) is 20.5. The van der Waals surface area contributed by atoms with Gasteiger partial charge in [-0.3, -0.25) is 14.4 Å².